The van der Waals surface area contributed by atoms with Gasteiger partial charge in [0, 0.05) is 24.7 Å². The fraction of sp³-hybridized carbons (Fsp3) is 0.333. The van der Waals surface area contributed by atoms with Gasteiger partial charge in [-0.1, -0.05) is 37.5 Å². The van der Waals surface area contributed by atoms with E-state index in [4.69, 9.17) is 4.74 Å². The molecule has 1 fully saturated rings. The minimum Gasteiger partial charge on any atom is -0.410 e. The molecule has 2 aromatic carbocycles. The van der Waals surface area contributed by atoms with Crippen LogP contribution in [0.2, 0.25) is 0 Å². The largest absolute Gasteiger partial charge is 0.412 e. The Morgan fingerprint density at radius 1 is 0.875 bits per heavy atom. The van der Waals surface area contributed by atoms with Crippen LogP contribution in [0.4, 0.5) is 4.79 Å². The van der Waals surface area contributed by atoms with E-state index in [-0.39, 0.29) is 42.4 Å². The first-order valence-corrected chi connectivity index (χ1v) is 10.9. The van der Waals surface area contributed by atoms with Gasteiger partial charge in [-0.15, -0.1) is 0 Å². The number of fused-ring (bicyclic) bond motifs is 1. The second kappa shape index (κ2) is 9.64. The van der Waals surface area contributed by atoms with Crippen LogP contribution in [0, 0.1) is 0 Å². The summed E-state index contributed by atoms with van der Waals surface area (Å²) in [7, 11) is 0. The molecule has 4 rings (SSSR count). The normalized spacial score (nSPS) is 15.9. The fourth-order valence-electron chi connectivity index (χ4n) is 4.15. The summed E-state index contributed by atoms with van der Waals surface area (Å²) in [6.45, 7) is 0.357. The smallest absolute Gasteiger partial charge is 0.410 e. The van der Waals surface area contributed by atoms with Gasteiger partial charge in [0.05, 0.1) is 11.1 Å². The van der Waals surface area contributed by atoms with Gasteiger partial charge in [-0.3, -0.25) is 19.3 Å². The highest BCUT2D eigenvalue weighted by atomic mass is 16.6. The average Bonchev–Trinajstić information content (AvgIpc) is 3.07. The Hall–Kier alpha value is -3.68. The number of hydrogen-bond acceptors (Lipinski definition) is 5. The third-order valence-electron chi connectivity index (χ3n) is 5.75. The van der Waals surface area contributed by atoms with Crippen LogP contribution in [-0.4, -0.2) is 47.8 Å². The molecule has 0 atom stereocenters. The number of hydrogen-bond donors (Lipinski definition) is 2. The minimum atomic E-state index is -0.616. The van der Waals surface area contributed by atoms with Gasteiger partial charge in [0.25, 0.3) is 17.7 Å². The van der Waals surface area contributed by atoms with E-state index in [0.717, 1.165) is 32.1 Å². The van der Waals surface area contributed by atoms with Crippen molar-refractivity contribution in [2.75, 3.05) is 13.1 Å². The first-order chi connectivity index (χ1) is 15.5. The molecule has 4 amide bonds. The van der Waals surface area contributed by atoms with Gasteiger partial charge in [0.1, 0.15) is 5.75 Å². The van der Waals surface area contributed by atoms with Crippen molar-refractivity contribution in [2.45, 2.75) is 38.1 Å². The van der Waals surface area contributed by atoms with Gasteiger partial charge < -0.3 is 15.4 Å². The van der Waals surface area contributed by atoms with E-state index in [1.54, 1.807) is 36.4 Å². The summed E-state index contributed by atoms with van der Waals surface area (Å²) in [5.74, 6) is -0.557. The van der Waals surface area contributed by atoms with Crippen LogP contribution in [-0.2, 0) is 0 Å². The molecule has 0 unspecified atom stereocenters. The maximum atomic E-state index is 12.9. The molecular formula is C24H25N3O5. The Kier molecular flexibility index (Phi) is 6.49. The number of benzene rings is 2. The van der Waals surface area contributed by atoms with Crippen LogP contribution in [0.25, 0.3) is 0 Å². The predicted molar refractivity (Wildman–Crippen MR) is 117 cm³/mol. The van der Waals surface area contributed by atoms with Gasteiger partial charge in [0.15, 0.2) is 0 Å². The number of amides is 4. The average molecular weight is 435 g/mol. The van der Waals surface area contributed by atoms with Crippen LogP contribution in [0.15, 0.2) is 48.5 Å². The lowest BCUT2D eigenvalue weighted by atomic mass is 9.94. The number of para-hydroxylation sites is 1. The number of carbonyl (C=O) groups excluding carboxylic acids is 4. The second-order valence-electron chi connectivity index (χ2n) is 7.92. The first-order valence-electron chi connectivity index (χ1n) is 10.9. The van der Waals surface area contributed by atoms with Crippen molar-refractivity contribution < 1.29 is 23.9 Å². The highest BCUT2D eigenvalue weighted by molar-refractivity contribution is 6.22. The van der Waals surface area contributed by atoms with Crippen molar-refractivity contribution in [3.05, 3.63) is 65.2 Å². The van der Waals surface area contributed by atoms with Crippen molar-refractivity contribution in [2.24, 2.45) is 0 Å². The van der Waals surface area contributed by atoms with Crippen LogP contribution in [0.3, 0.4) is 0 Å². The zero-order valence-corrected chi connectivity index (χ0v) is 17.6. The van der Waals surface area contributed by atoms with E-state index in [9.17, 15) is 19.2 Å². The zero-order chi connectivity index (χ0) is 22.5. The number of imide groups is 1. The molecular weight excluding hydrogens is 410 g/mol. The topological polar surface area (TPSA) is 105 Å². The molecule has 2 aromatic rings. The summed E-state index contributed by atoms with van der Waals surface area (Å²) in [5.41, 5.74) is 0.919. The van der Waals surface area contributed by atoms with Gasteiger partial charge >= 0.3 is 6.09 Å². The van der Waals surface area contributed by atoms with Gasteiger partial charge in [0.2, 0.25) is 0 Å². The maximum Gasteiger partial charge on any atom is 0.412 e. The Morgan fingerprint density at radius 3 is 2.31 bits per heavy atom. The molecule has 0 bridgehead atoms. The molecule has 2 aliphatic rings. The van der Waals surface area contributed by atoms with Crippen molar-refractivity contribution in [3.8, 4) is 5.75 Å². The molecule has 32 heavy (non-hydrogen) atoms. The number of nitrogens with one attached hydrogen (secondary N) is 2. The minimum absolute atomic E-state index is 0.0601. The molecule has 8 nitrogen and oxygen atoms in total. The Bertz CT molecular complexity index is 1030. The molecule has 0 radical (unpaired) electrons. The molecule has 0 aromatic heterocycles. The van der Waals surface area contributed by atoms with E-state index in [1.165, 1.54) is 11.0 Å². The van der Waals surface area contributed by atoms with E-state index in [0.29, 0.717) is 16.9 Å². The summed E-state index contributed by atoms with van der Waals surface area (Å²) in [6.07, 6.45) is 4.20. The van der Waals surface area contributed by atoms with Gasteiger partial charge in [-0.05, 0) is 43.2 Å². The third kappa shape index (κ3) is 4.64. The van der Waals surface area contributed by atoms with E-state index < -0.39 is 6.09 Å². The maximum absolute atomic E-state index is 12.9. The van der Waals surface area contributed by atoms with Crippen LogP contribution >= 0.6 is 0 Å². The molecule has 1 aliphatic carbocycles. The lowest BCUT2D eigenvalue weighted by molar-refractivity contribution is 0.0548. The van der Waals surface area contributed by atoms with Crippen LogP contribution < -0.4 is 15.4 Å². The highest BCUT2D eigenvalue weighted by Crippen LogP contribution is 2.31. The Labute approximate surface area is 185 Å². The van der Waals surface area contributed by atoms with Gasteiger partial charge in [-0.2, -0.15) is 0 Å². The SMILES string of the molecule is O=C(NCCNC(=O)c1ccc2c(c1)C(=O)N(C1CCCCC1)C2=O)Oc1ccccc1. The van der Waals surface area contributed by atoms with Crippen molar-refractivity contribution >= 4 is 23.8 Å². The molecule has 1 heterocycles. The first kappa shape index (κ1) is 21.5. The Morgan fingerprint density at radius 2 is 1.56 bits per heavy atom. The van der Waals surface area contributed by atoms with E-state index >= 15 is 0 Å². The zero-order valence-electron chi connectivity index (χ0n) is 17.6. The summed E-state index contributed by atoms with van der Waals surface area (Å²) in [5, 5.41) is 5.24. The second-order valence-corrected chi connectivity index (χ2v) is 7.92. The predicted octanol–water partition coefficient (Wildman–Crippen LogP) is 3.13. The molecule has 1 saturated carbocycles. The lowest BCUT2D eigenvalue weighted by Gasteiger charge is -2.29. The van der Waals surface area contributed by atoms with Gasteiger partial charge in [-0.25, -0.2) is 4.79 Å². The van der Waals surface area contributed by atoms with Crippen LogP contribution in [0.5, 0.6) is 5.75 Å². The number of rotatable bonds is 6. The molecule has 166 valence electrons. The van der Waals surface area contributed by atoms with E-state index in [1.807, 2.05) is 6.07 Å². The highest BCUT2D eigenvalue weighted by Gasteiger charge is 2.40. The monoisotopic (exact) mass is 435 g/mol. The molecule has 1 aliphatic heterocycles. The summed E-state index contributed by atoms with van der Waals surface area (Å²) >= 11 is 0. The molecule has 2 N–H and O–H groups in total. The number of carbonyl (C=O) groups is 4. The Balaban J connectivity index is 1.30. The fourth-order valence-corrected chi connectivity index (χ4v) is 4.15. The summed E-state index contributed by atoms with van der Waals surface area (Å²) in [6, 6.07) is 13.2. The third-order valence-corrected chi connectivity index (χ3v) is 5.75. The summed E-state index contributed by atoms with van der Waals surface area (Å²) < 4.78 is 5.10. The number of ether oxygens (including phenoxy) is 1. The number of nitrogens with zero attached hydrogens (tertiary/aromatic N) is 1. The molecule has 8 heteroatoms. The molecule has 0 saturated heterocycles. The lowest BCUT2D eigenvalue weighted by Crippen LogP contribution is -2.40. The van der Waals surface area contributed by atoms with E-state index in [2.05, 4.69) is 10.6 Å². The standard InChI is InChI=1S/C24H25N3O5/c28-21(25-13-14-26-24(31)32-18-9-5-2-6-10-18)16-11-12-19-20(15-16)23(30)27(22(19)29)17-7-3-1-4-8-17/h2,5-6,9-12,15,17H,1,3-4,7-8,13-14H2,(H,25,28)(H,26,31). The molecule has 0 spiro atoms. The van der Waals surface area contributed by atoms with Crippen molar-refractivity contribution in [3.63, 3.8) is 0 Å². The summed E-state index contributed by atoms with van der Waals surface area (Å²) in [4.78, 5) is 51.2. The van der Waals surface area contributed by atoms with Crippen molar-refractivity contribution in [1.82, 2.24) is 15.5 Å². The quantitative estimate of drug-likeness (QED) is 0.536. The van der Waals surface area contributed by atoms with Crippen molar-refractivity contribution in [1.29, 1.82) is 0 Å². The van der Waals surface area contributed by atoms with Crippen LogP contribution in [0.1, 0.15) is 63.2 Å².